The van der Waals surface area contributed by atoms with Crippen LogP contribution in [0.1, 0.15) is 66.7 Å². The van der Waals surface area contributed by atoms with Gasteiger partial charge >= 0.3 is 8.80 Å². The molecule has 0 aromatic rings. The normalized spacial score (nSPS) is 13.3. The van der Waals surface area contributed by atoms with Gasteiger partial charge in [0.25, 0.3) is 0 Å². The Hall–Kier alpha value is -0.803. The van der Waals surface area contributed by atoms with Crippen molar-refractivity contribution in [3.8, 4) is 0 Å². The predicted molar refractivity (Wildman–Crippen MR) is 119 cm³/mol. The van der Waals surface area contributed by atoms with Crippen molar-refractivity contribution in [2.45, 2.75) is 78.8 Å². The summed E-state index contributed by atoms with van der Waals surface area (Å²) >= 11 is 0. The van der Waals surface area contributed by atoms with E-state index in [0.717, 1.165) is 49.3 Å². The fraction of sp³-hybridized carbons (Fsp3) is 0.905. The summed E-state index contributed by atoms with van der Waals surface area (Å²) in [4.78, 5) is 23.0. The van der Waals surface area contributed by atoms with Crippen molar-refractivity contribution in [2.24, 2.45) is 0 Å². The third kappa shape index (κ3) is 13.2. The van der Waals surface area contributed by atoms with Crippen LogP contribution in [-0.4, -0.2) is 78.0 Å². The number of rotatable bonds is 18. The van der Waals surface area contributed by atoms with Gasteiger partial charge in [0, 0.05) is 38.7 Å². The van der Waals surface area contributed by atoms with Crippen molar-refractivity contribution in [1.29, 1.82) is 0 Å². The Kier molecular flexibility index (Phi) is 14.6. The van der Waals surface area contributed by atoms with Crippen LogP contribution in [0.15, 0.2) is 0 Å². The Morgan fingerprint density at radius 2 is 1.41 bits per heavy atom. The molecule has 0 fully saturated rings. The van der Waals surface area contributed by atoms with Crippen LogP contribution >= 0.6 is 0 Å². The van der Waals surface area contributed by atoms with Gasteiger partial charge in [0.1, 0.15) is 0 Å². The number of Topliss-reactive ketones (excluding diaryl/α,β-unsaturated/α-hetero) is 1. The maximum atomic E-state index is 11.8. The lowest BCUT2D eigenvalue weighted by Gasteiger charge is -2.32. The smallest absolute Gasteiger partial charge is 0.374 e. The summed E-state index contributed by atoms with van der Waals surface area (Å²) in [7, 11) is 1.93. The molecule has 0 aromatic carbocycles. The van der Waals surface area contributed by atoms with Gasteiger partial charge in [-0.05, 0) is 53.9 Å². The molecule has 0 aromatic heterocycles. The average molecular weight is 434 g/mol. The van der Waals surface area contributed by atoms with Gasteiger partial charge in [0.15, 0.2) is 5.78 Å². The van der Waals surface area contributed by atoms with Crippen LogP contribution in [0.25, 0.3) is 0 Å². The van der Waals surface area contributed by atoms with E-state index in [1.165, 1.54) is 6.92 Å². The highest BCUT2D eigenvalue weighted by molar-refractivity contribution is 6.60. The van der Waals surface area contributed by atoms with E-state index in [1.54, 1.807) is 6.92 Å². The second kappa shape index (κ2) is 15.1. The van der Waals surface area contributed by atoms with Crippen LogP contribution in [0.5, 0.6) is 0 Å². The van der Waals surface area contributed by atoms with E-state index in [4.69, 9.17) is 13.3 Å². The maximum absolute atomic E-state index is 11.8. The van der Waals surface area contributed by atoms with Crippen LogP contribution in [0, 0.1) is 0 Å². The molecule has 172 valence electrons. The van der Waals surface area contributed by atoms with Gasteiger partial charge < -0.3 is 23.1 Å². The molecular weight excluding hydrogens is 388 g/mol. The number of carbonyl (C=O) groups excluding carboxylic acids is 2. The molecule has 29 heavy (non-hydrogen) atoms. The minimum absolute atomic E-state index is 0.0116. The molecule has 0 aliphatic heterocycles. The molecule has 0 radical (unpaired) electrons. The number of hydrogen-bond donors (Lipinski definition) is 1. The highest BCUT2D eigenvalue weighted by atomic mass is 28.4. The van der Waals surface area contributed by atoms with Gasteiger partial charge in [0.2, 0.25) is 5.91 Å². The highest BCUT2D eigenvalue weighted by Crippen LogP contribution is 2.19. The summed E-state index contributed by atoms with van der Waals surface area (Å²) in [5.74, 6) is -0.0481. The zero-order chi connectivity index (χ0) is 22.3. The lowest BCUT2D eigenvalue weighted by Crippen LogP contribution is -2.48. The van der Waals surface area contributed by atoms with E-state index in [0.29, 0.717) is 26.2 Å². The van der Waals surface area contributed by atoms with Gasteiger partial charge in [-0.15, -0.1) is 0 Å². The molecule has 0 aliphatic carbocycles. The predicted octanol–water partition coefficient (Wildman–Crippen LogP) is 3.16. The summed E-state index contributed by atoms with van der Waals surface area (Å²) in [5, 5.41) is 2.74. The van der Waals surface area contributed by atoms with Crippen LogP contribution in [0.2, 0.25) is 6.04 Å². The summed E-state index contributed by atoms with van der Waals surface area (Å²) in [6, 6.07) is 0.456. The van der Waals surface area contributed by atoms with E-state index in [-0.39, 0.29) is 17.7 Å². The van der Waals surface area contributed by atoms with Crippen LogP contribution in [-0.2, 0) is 22.9 Å². The van der Waals surface area contributed by atoms with Crippen molar-refractivity contribution in [1.82, 2.24) is 5.32 Å². The lowest BCUT2D eigenvalue weighted by atomic mass is 10.1. The first-order valence-electron chi connectivity index (χ1n) is 11.1. The van der Waals surface area contributed by atoms with Crippen molar-refractivity contribution in [3.05, 3.63) is 0 Å². The monoisotopic (exact) mass is 433 g/mol. The number of nitrogens with zero attached hydrogens (tertiary/aromatic N) is 1. The molecule has 1 N–H and O–H groups in total. The molecule has 0 aliphatic rings. The van der Waals surface area contributed by atoms with E-state index in [2.05, 4.69) is 19.4 Å². The molecule has 8 heteroatoms. The number of unbranched alkanes of at least 4 members (excludes halogenated alkanes) is 2. The number of amides is 1. The SMILES string of the molecule is CCO[Si](CCC[N+](C)(C)CCCCCC(=O)NC(C)C(C)=O)(OCC)OCC. The second-order valence-corrected chi connectivity index (χ2v) is 10.9. The zero-order valence-corrected chi connectivity index (χ0v) is 20.8. The maximum Gasteiger partial charge on any atom is 0.501 e. The van der Waals surface area contributed by atoms with Gasteiger partial charge in [-0.2, -0.15) is 0 Å². The first kappa shape index (κ1) is 28.2. The summed E-state index contributed by atoms with van der Waals surface area (Å²) in [5.41, 5.74) is 0. The van der Waals surface area contributed by atoms with Crippen molar-refractivity contribution in [3.63, 3.8) is 0 Å². The van der Waals surface area contributed by atoms with E-state index in [9.17, 15) is 9.59 Å². The van der Waals surface area contributed by atoms with Crippen molar-refractivity contribution in [2.75, 3.05) is 47.0 Å². The van der Waals surface area contributed by atoms with Crippen LogP contribution in [0.3, 0.4) is 0 Å². The Bertz CT molecular complexity index is 457. The molecule has 0 heterocycles. The fourth-order valence-corrected chi connectivity index (χ4v) is 5.85. The van der Waals surface area contributed by atoms with Crippen LogP contribution in [0.4, 0.5) is 0 Å². The molecule has 0 spiro atoms. The van der Waals surface area contributed by atoms with Gasteiger partial charge in [0.05, 0.1) is 33.2 Å². The fourth-order valence-electron chi connectivity index (χ4n) is 3.25. The topological polar surface area (TPSA) is 73.9 Å². The largest absolute Gasteiger partial charge is 0.501 e. The third-order valence-corrected chi connectivity index (χ3v) is 8.15. The van der Waals surface area contributed by atoms with E-state index < -0.39 is 8.80 Å². The minimum atomic E-state index is -2.55. The van der Waals surface area contributed by atoms with Gasteiger partial charge in [-0.1, -0.05) is 0 Å². The number of hydrogen-bond acceptors (Lipinski definition) is 5. The molecule has 0 rings (SSSR count). The minimum Gasteiger partial charge on any atom is -0.374 e. The van der Waals surface area contributed by atoms with E-state index >= 15 is 0 Å². The average Bonchev–Trinajstić information content (AvgIpc) is 2.61. The van der Waals surface area contributed by atoms with Crippen molar-refractivity contribution < 1.29 is 27.4 Å². The number of ketones is 1. The molecule has 1 amide bonds. The first-order chi connectivity index (χ1) is 13.6. The standard InChI is InChI=1S/C21H44N2O5Si/c1-8-26-29(27-9-2,28-10-3)18-14-17-23(6,7)16-13-11-12-15-21(25)22-19(4)20(5)24/h19H,8-18H2,1-7H3/p+1. The van der Waals surface area contributed by atoms with Crippen molar-refractivity contribution >= 4 is 20.5 Å². The zero-order valence-electron chi connectivity index (χ0n) is 19.8. The number of quaternary nitrogens is 1. The molecule has 0 bridgehead atoms. The lowest BCUT2D eigenvalue weighted by molar-refractivity contribution is -0.890. The number of carbonyl (C=O) groups is 2. The quantitative estimate of drug-likeness (QED) is 0.204. The first-order valence-corrected chi connectivity index (χ1v) is 13.1. The summed E-state index contributed by atoms with van der Waals surface area (Å²) < 4.78 is 18.7. The molecular formula is C21H45N2O5Si+. The van der Waals surface area contributed by atoms with Gasteiger partial charge in [-0.25, -0.2) is 0 Å². The molecule has 1 atom stereocenters. The molecule has 1 unspecified atom stereocenters. The van der Waals surface area contributed by atoms with Crippen LogP contribution < -0.4 is 5.32 Å². The van der Waals surface area contributed by atoms with Gasteiger partial charge in [-0.3, -0.25) is 9.59 Å². The summed E-state index contributed by atoms with van der Waals surface area (Å²) in [6.07, 6.45) is 4.43. The Morgan fingerprint density at radius 1 is 0.897 bits per heavy atom. The third-order valence-electron chi connectivity index (χ3n) is 4.99. The highest BCUT2D eigenvalue weighted by Gasteiger charge is 2.40. The molecule has 7 nitrogen and oxygen atoms in total. The molecule has 0 saturated carbocycles. The Balaban J connectivity index is 4.19. The Labute approximate surface area is 179 Å². The molecule has 0 saturated heterocycles. The van der Waals surface area contributed by atoms with E-state index in [1.807, 2.05) is 20.8 Å². The number of nitrogens with one attached hydrogen (secondary N) is 1. The second-order valence-electron chi connectivity index (χ2n) is 8.18. The Morgan fingerprint density at radius 3 is 1.90 bits per heavy atom. The summed E-state index contributed by atoms with van der Waals surface area (Å²) in [6.45, 7) is 13.1.